The molecule has 5 heteroatoms. The van der Waals surface area contributed by atoms with Gasteiger partial charge in [0.25, 0.3) is 0 Å². The molecule has 18 heavy (non-hydrogen) atoms. The van der Waals surface area contributed by atoms with Crippen LogP contribution in [0.25, 0.3) is 10.8 Å². The SMILES string of the molecule is COc1ccc2c3c(cccc13)CN(C)S2(=O)=O. The Labute approximate surface area is 106 Å². The van der Waals surface area contributed by atoms with E-state index < -0.39 is 10.0 Å². The van der Waals surface area contributed by atoms with Crippen molar-refractivity contribution in [3.63, 3.8) is 0 Å². The molecule has 3 rings (SSSR count). The van der Waals surface area contributed by atoms with Crippen LogP contribution in [0.2, 0.25) is 0 Å². The number of hydrogen-bond donors (Lipinski definition) is 0. The third-order valence-corrected chi connectivity index (χ3v) is 5.20. The van der Waals surface area contributed by atoms with E-state index in [1.54, 1.807) is 26.3 Å². The third kappa shape index (κ3) is 1.38. The van der Waals surface area contributed by atoms with E-state index >= 15 is 0 Å². The van der Waals surface area contributed by atoms with Crippen LogP contribution in [0, 0.1) is 0 Å². The minimum absolute atomic E-state index is 0.364. The molecule has 0 saturated carbocycles. The molecule has 0 aliphatic carbocycles. The molecule has 1 heterocycles. The van der Waals surface area contributed by atoms with Gasteiger partial charge in [-0.25, -0.2) is 8.42 Å². The quantitative estimate of drug-likeness (QED) is 0.790. The molecule has 0 bridgehead atoms. The molecule has 4 nitrogen and oxygen atoms in total. The zero-order valence-corrected chi connectivity index (χ0v) is 11.0. The lowest BCUT2D eigenvalue weighted by molar-refractivity contribution is 0.419. The lowest BCUT2D eigenvalue weighted by atomic mass is 10.0. The van der Waals surface area contributed by atoms with Crippen LogP contribution in [0.1, 0.15) is 5.56 Å². The first-order valence-corrected chi connectivity index (χ1v) is 7.04. The Bertz CT molecular complexity index is 737. The van der Waals surface area contributed by atoms with Crippen LogP contribution >= 0.6 is 0 Å². The van der Waals surface area contributed by atoms with Crippen molar-refractivity contribution >= 4 is 20.8 Å². The fourth-order valence-electron chi connectivity index (χ4n) is 2.44. The second-order valence-corrected chi connectivity index (χ2v) is 6.38. The summed E-state index contributed by atoms with van der Waals surface area (Å²) in [6.45, 7) is 0.403. The highest BCUT2D eigenvalue weighted by atomic mass is 32.2. The number of hydrogen-bond acceptors (Lipinski definition) is 3. The first-order valence-electron chi connectivity index (χ1n) is 5.60. The number of benzene rings is 2. The summed E-state index contributed by atoms with van der Waals surface area (Å²) in [6, 6.07) is 9.10. The smallest absolute Gasteiger partial charge is 0.243 e. The van der Waals surface area contributed by atoms with Gasteiger partial charge in [-0.2, -0.15) is 4.31 Å². The molecule has 1 aliphatic rings. The fourth-order valence-corrected chi connectivity index (χ4v) is 3.82. The Morgan fingerprint density at radius 3 is 2.72 bits per heavy atom. The Morgan fingerprint density at radius 1 is 1.22 bits per heavy atom. The molecule has 0 amide bonds. The zero-order valence-electron chi connectivity index (χ0n) is 10.2. The maximum Gasteiger partial charge on any atom is 0.243 e. The fraction of sp³-hybridized carbons (Fsp3) is 0.231. The highest BCUT2D eigenvalue weighted by Gasteiger charge is 2.30. The van der Waals surface area contributed by atoms with Crippen LogP contribution in [0.15, 0.2) is 35.2 Å². The van der Waals surface area contributed by atoms with Gasteiger partial charge in [-0.05, 0) is 17.7 Å². The molecule has 0 atom stereocenters. The van der Waals surface area contributed by atoms with Crippen LogP contribution in [0.4, 0.5) is 0 Å². The molecular formula is C13H13NO3S. The predicted molar refractivity (Wildman–Crippen MR) is 69.2 cm³/mol. The summed E-state index contributed by atoms with van der Waals surface area (Å²) < 4.78 is 31.2. The maximum absolute atomic E-state index is 12.3. The normalized spacial score (nSPS) is 17.9. The molecular weight excluding hydrogens is 250 g/mol. The van der Waals surface area contributed by atoms with Crippen LogP contribution in [-0.4, -0.2) is 26.9 Å². The highest BCUT2D eigenvalue weighted by Crippen LogP contribution is 2.38. The van der Waals surface area contributed by atoms with Crippen molar-refractivity contribution in [2.45, 2.75) is 11.4 Å². The van der Waals surface area contributed by atoms with E-state index in [1.807, 2.05) is 18.2 Å². The first kappa shape index (κ1) is 11.5. The van der Waals surface area contributed by atoms with E-state index in [2.05, 4.69) is 0 Å². The Hall–Kier alpha value is -1.59. The number of nitrogens with zero attached hydrogens (tertiary/aromatic N) is 1. The largest absolute Gasteiger partial charge is 0.496 e. The molecule has 0 N–H and O–H groups in total. The number of methoxy groups -OCH3 is 1. The summed E-state index contributed by atoms with van der Waals surface area (Å²) in [6.07, 6.45) is 0. The minimum Gasteiger partial charge on any atom is -0.496 e. The van der Waals surface area contributed by atoms with Crippen molar-refractivity contribution < 1.29 is 13.2 Å². The van der Waals surface area contributed by atoms with Crippen molar-refractivity contribution in [1.82, 2.24) is 4.31 Å². The van der Waals surface area contributed by atoms with E-state index in [4.69, 9.17) is 4.74 Å². The van der Waals surface area contributed by atoms with Crippen LogP contribution in [-0.2, 0) is 16.6 Å². The maximum atomic E-state index is 12.3. The first-order chi connectivity index (χ1) is 8.55. The van der Waals surface area contributed by atoms with E-state index in [-0.39, 0.29) is 0 Å². The van der Waals surface area contributed by atoms with Gasteiger partial charge in [-0.1, -0.05) is 18.2 Å². The summed E-state index contributed by atoms with van der Waals surface area (Å²) in [7, 11) is -0.185. The van der Waals surface area contributed by atoms with Crippen LogP contribution in [0.3, 0.4) is 0 Å². The summed E-state index contributed by atoms with van der Waals surface area (Å²) in [4.78, 5) is 0.364. The summed E-state index contributed by atoms with van der Waals surface area (Å²) in [5.41, 5.74) is 1.01. The summed E-state index contributed by atoms with van der Waals surface area (Å²) in [5.74, 6) is 0.704. The average molecular weight is 263 g/mol. The monoisotopic (exact) mass is 263 g/mol. The number of sulfonamides is 1. The predicted octanol–water partition coefficient (Wildman–Crippen LogP) is 1.98. The van der Waals surface area contributed by atoms with Crippen LogP contribution in [0.5, 0.6) is 5.75 Å². The molecule has 0 radical (unpaired) electrons. The minimum atomic E-state index is -3.37. The van der Waals surface area contributed by atoms with Gasteiger partial charge in [-0.3, -0.25) is 0 Å². The highest BCUT2D eigenvalue weighted by molar-refractivity contribution is 7.89. The van der Waals surface area contributed by atoms with E-state index in [1.165, 1.54) is 4.31 Å². The van der Waals surface area contributed by atoms with Gasteiger partial charge in [0.05, 0.1) is 12.0 Å². The number of rotatable bonds is 1. The molecule has 1 aliphatic heterocycles. The second kappa shape index (κ2) is 3.70. The van der Waals surface area contributed by atoms with Crippen molar-refractivity contribution in [2.75, 3.05) is 14.2 Å². The number of ether oxygens (including phenoxy) is 1. The van der Waals surface area contributed by atoms with Crippen molar-refractivity contribution in [3.8, 4) is 5.75 Å². The summed E-state index contributed by atoms with van der Waals surface area (Å²) in [5, 5.41) is 1.64. The Morgan fingerprint density at radius 2 is 2.00 bits per heavy atom. The molecule has 0 spiro atoms. The zero-order chi connectivity index (χ0) is 12.9. The average Bonchev–Trinajstić information content (AvgIpc) is 2.36. The summed E-state index contributed by atoms with van der Waals surface area (Å²) >= 11 is 0. The molecule has 0 fully saturated rings. The van der Waals surface area contributed by atoms with Gasteiger partial charge in [-0.15, -0.1) is 0 Å². The van der Waals surface area contributed by atoms with E-state index in [0.29, 0.717) is 17.2 Å². The standard InChI is InChI=1S/C13H13NO3S/c1-14-8-9-4-3-5-10-11(17-2)6-7-12(13(9)10)18(14,15)16/h3-7H,8H2,1-2H3. The van der Waals surface area contributed by atoms with Gasteiger partial charge in [0.2, 0.25) is 10.0 Å². The molecule has 2 aromatic rings. The van der Waals surface area contributed by atoms with E-state index in [0.717, 1.165) is 16.3 Å². The van der Waals surface area contributed by atoms with Gasteiger partial charge < -0.3 is 4.74 Å². The van der Waals surface area contributed by atoms with Crippen molar-refractivity contribution in [3.05, 3.63) is 35.9 Å². The van der Waals surface area contributed by atoms with Gasteiger partial charge in [0.15, 0.2) is 0 Å². The van der Waals surface area contributed by atoms with Crippen LogP contribution < -0.4 is 4.74 Å². The lowest BCUT2D eigenvalue weighted by Gasteiger charge is -2.25. The molecule has 2 aromatic carbocycles. The molecule has 0 aromatic heterocycles. The van der Waals surface area contributed by atoms with Crippen molar-refractivity contribution in [1.29, 1.82) is 0 Å². The Balaban J connectivity index is 2.51. The van der Waals surface area contributed by atoms with Crippen molar-refractivity contribution in [2.24, 2.45) is 0 Å². The topological polar surface area (TPSA) is 46.6 Å². The third-order valence-electron chi connectivity index (χ3n) is 3.35. The molecule has 0 saturated heterocycles. The second-order valence-electron chi connectivity index (χ2n) is 4.37. The van der Waals surface area contributed by atoms with Gasteiger partial charge >= 0.3 is 0 Å². The van der Waals surface area contributed by atoms with Gasteiger partial charge in [0, 0.05) is 24.4 Å². The molecule has 0 unspecified atom stereocenters. The van der Waals surface area contributed by atoms with E-state index in [9.17, 15) is 8.42 Å². The Kier molecular flexibility index (Phi) is 2.36. The molecule has 94 valence electrons. The van der Waals surface area contributed by atoms with Gasteiger partial charge in [0.1, 0.15) is 5.75 Å². The lowest BCUT2D eigenvalue weighted by Crippen LogP contribution is -2.30.